The Labute approximate surface area is 214 Å². The lowest BCUT2D eigenvalue weighted by atomic mass is 10.0. The van der Waals surface area contributed by atoms with Gasteiger partial charge in [-0.2, -0.15) is 11.8 Å². The van der Waals surface area contributed by atoms with E-state index in [1.807, 2.05) is 0 Å². The van der Waals surface area contributed by atoms with Crippen molar-refractivity contribution in [3.8, 4) is 0 Å². The van der Waals surface area contributed by atoms with Crippen LogP contribution in [-0.4, -0.2) is 47.1 Å². The largest absolute Gasteiger partial charge is 0.480 e. The van der Waals surface area contributed by atoms with Gasteiger partial charge in [0.2, 0.25) is 5.91 Å². The number of amides is 1. The normalized spacial score (nSPS) is 13.0. The first-order valence-corrected chi connectivity index (χ1v) is 15.2. The van der Waals surface area contributed by atoms with E-state index in [0.717, 1.165) is 18.6 Å². The zero-order valence-corrected chi connectivity index (χ0v) is 22.9. The summed E-state index contributed by atoms with van der Waals surface area (Å²) in [6.07, 6.45) is 23.6. The third-order valence-corrected chi connectivity index (χ3v) is 7.51. The van der Waals surface area contributed by atoms with E-state index in [0.29, 0.717) is 25.1 Å². The maximum atomic E-state index is 12.2. The minimum absolute atomic E-state index is 0.375. The van der Waals surface area contributed by atoms with Crippen LogP contribution >= 0.6 is 11.8 Å². The van der Waals surface area contributed by atoms with E-state index in [-0.39, 0.29) is 5.91 Å². The number of carboxylic acid groups (broad SMARTS) is 1. The van der Waals surface area contributed by atoms with Crippen LogP contribution in [0.3, 0.4) is 0 Å². The molecular formula is C27H55N3O3S. The Balaban J connectivity index is 3.48. The van der Waals surface area contributed by atoms with Crippen molar-refractivity contribution in [3.63, 3.8) is 0 Å². The second kappa shape index (κ2) is 25.3. The SMILES string of the molecule is CCCCCCCCCCCCCCCCCCSC[C@@H](N)C(=O)N[C@@H](CCCCN)C(=O)O. The van der Waals surface area contributed by atoms with Crippen LogP contribution in [0.4, 0.5) is 0 Å². The van der Waals surface area contributed by atoms with E-state index in [1.54, 1.807) is 11.8 Å². The molecule has 0 aliphatic rings. The third kappa shape index (κ3) is 21.7. The average molecular weight is 502 g/mol. The summed E-state index contributed by atoms with van der Waals surface area (Å²) in [5, 5.41) is 11.8. The average Bonchev–Trinajstić information content (AvgIpc) is 2.82. The Kier molecular flexibility index (Phi) is 24.7. The van der Waals surface area contributed by atoms with Gasteiger partial charge in [0.15, 0.2) is 0 Å². The van der Waals surface area contributed by atoms with E-state index in [1.165, 1.54) is 96.3 Å². The molecule has 0 aliphatic carbocycles. The molecule has 0 aromatic carbocycles. The lowest BCUT2D eigenvalue weighted by Gasteiger charge is -2.17. The van der Waals surface area contributed by atoms with Crippen molar-refractivity contribution in [1.29, 1.82) is 0 Å². The van der Waals surface area contributed by atoms with Crippen molar-refractivity contribution >= 4 is 23.6 Å². The van der Waals surface area contributed by atoms with Gasteiger partial charge in [-0.3, -0.25) is 4.79 Å². The first kappa shape index (κ1) is 33.2. The molecule has 0 radical (unpaired) electrons. The summed E-state index contributed by atoms with van der Waals surface area (Å²) in [5.41, 5.74) is 11.4. The smallest absolute Gasteiger partial charge is 0.326 e. The molecule has 0 aromatic rings. The number of rotatable bonds is 26. The van der Waals surface area contributed by atoms with Gasteiger partial charge >= 0.3 is 5.97 Å². The van der Waals surface area contributed by atoms with Crippen LogP contribution in [-0.2, 0) is 9.59 Å². The van der Waals surface area contributed by atoms with E-state index in [2.05, 4.69) is 12.2 Å². The molecule has 0 fully saturated rings. The van der Waals surface area contributed by atoms with Crippen molar-refractivity contribution in [2.75, 3.05) is 18.1 Å². The first-order chi connectivity index (χ1) is 16.5. The fourth-order valence-corrected chi connectivity index (χ4v) is 5.05. The number of carboxylic acids is 1. The summed E-state index contributed by atoms with van der Waals surface area (Å²) < 4.78 is 0. The highest BCUT2D eigenvalue weighted by Gasteiger charge is 2.22. The Bertz CT molecular complexity index is 480. The van der Waals surface area contributed by atoms with Gasteiger partial charge in [0.25, 0.3) is 0 Å². The van der Waals surface area contributed by atoms with Crippen LogP contribution in [0, 0.1) is 0 Å². The predicted octanol–water partition coefficient (Wildman–Crippen LogP) is 6.01. The van der Waals surface area contributed by atoms with Crippen molar-refractivity contribution in [3.05, 3.63) is 0 Å². The zero-order chi connectivity index (χ0) is 25.3. The molecule has 6 nitrogen and oxygen atoms in total. The summed E-state index contributed by atoms with van der Waals surface area (Å²) in [6.45, 7) is 2.80. The second-order valence-corrected chi connectivity index (χ2v) is 10.8. The fraction of sp³-hybridized carbons (Fsp3) is 0.926. The topological polar surface area (TPSA) is 118 Å². The highest BCUT2D eigenvalue weighted by Crippen LogP contribution is 2.14. The van der Waals surface area contributed by atoms with Crippen LogP contribution in [0.5, 0.6) is 0 Å². The van der Waals surface area contributed by atoms with Crippen LogP contribution in [0.15, 0.2) is 0 Å². The molecule has 0 rings (SSSR count). The molecule has 0 aliphatic heterocycles. The van der Waals surface area contributed by atoms with Gasteiger partial charge < -0.3 is 21.9 Å². The summed E-state index contributed by atoms with van der Waals surface area (Å²) >= 11 is 1.68. The maximum Gasteiger partial charge on any atom is 0.326 e. The summed E-state index contributed by atoms with van der Waals surface area (Å²) in [6, 6.07) is -1.54. The van der Waals surface area contributed by atoms with Gasteiger partial charge in [-0.05, 0) is 38.0 Å². The van der Waals surface area contributed by atoms with Gasteiger partial charge in [0.05, 0.1) is 6.04 Å². The standard InChI is InChI=1S/C27H55N3O3S/c1-2-3-4-5-6-7-8-9-10-11-12-13-14-15-16-19-22-34-23-24(29)26(31)30-25(27(32)33)20-17-18-21-28/h24-25H,2-23,28-29H2,1H3,(H,30,31)(H,32,33)/t24-,25+/m1/s1. The molecule has 6 N–H and O–H groups in total. The zero-order valence-electron chi connectivity index (χ0n) is 22.0. The van der Waals surface area contributed by atoms with Crippen molar-refractivity contribution in [2.24, 2.45) is 11.5 Å². The third-order valence-electron chi connectivity index (χ3n) is 6.34. The number of hydrogen-bond acceptors (Lipinski definition) is 5. The molecule has 34 heavy (non-hydrogen) atoms. The number of carbonyl (C=O) groups excluding carboxylic acids is 1. The number of carbonyl (C=O) groups is 2. The quantitative estimate of drug-likeness (QED) is 0.108. The highest BCUT2D eigenvalue weighted by molar-refractivity contribution is 7.99. The lowest BCUT2D eigenvalue weighted by Crippen LogP contribution is -2.49. The lowest BCUT2D eigenvalue weighted by molar-refractivity contribution is -0.142. The molecule has 0 unspecified atom stereocenters. The molecule has 0 saturated heterocycles. The summed E-state index contributed by atoms with van der Waals surface area (Å²) in [4.78, 5) is 23.5. The van der Waals surface area contributed by atoms with E-state index in [4.69, 9.17) is 11.5 Å². The molecule has 0 spiro atoms. The van der Waals surface area contributed by atoms with Crippen molar-refractivity contribution < 1.29 is 14.7 Å². The minimum atomic E-state index is -1.02. The number of nitrogens with one attached hydrogen (secondary N) is 1. The second-order valence-electron chi connectivity index (χ2n) is 9.67. The Hall–Kier alpha value is -0.790. The molecule has 0 heterocycles. The van der Waals surface area contributed by atoms with Gasteiger partial charge in [-0.1, -0.05) is 103 Å². The number of nitrogens with two attached hydrogens (primary N) is 2. The number of unbranched alkanes of at least 4 members (excludes halogenated alkanes) is 16. The molecule has 7 heteroatoms. The maximum absolute atomic E-state index is 12.2. The molecule has 202 valence electrons. The first-order valence-electron chi connectivity index (χ1n) is 14.1. The van der Waals surface area contributed by atoms with Gasteiger partial charge in [0.1, 0.15) is 6.04 Å². The van der Waals surface area contributed by atoms with Crippen molar-refractivity contribution in [2.45, 2.75) is 141 Å². The van der Waals surface area contributed by atoms with Gasteiger partial charge in [0, 0.05) is 5.75 Å². The predicted molar refractivity (Wildman–Crippen MR) is 147 cm³/mol. The van der Waals surface area contributed by atoms with Gasteiger partial charge in [-0.15, -0.1) is 0 Å². The fourth-order valence-electron chi connectivity index (χ4n) is 4.07. The Morgan fingerprint density at radius 3 is 1.68 bits per heavy atom. The van der Waals surface area contributed by atoms with Crippen LogP contribution in [0.1, 0.15) is 129 Å². The highest BCUT2D eigenvalue weighted by atomic mass is 32.2. The van der Waals surface area contributed by atoms with Crippen LogP contribution in [0.25, 0.3) is 0 Å². The molecule has 0 saturated carbocycles. The molecule has 2 atom stereocenters. The van der Waals surface area contributed by atoms with E-state index >= 15 is 0 Å². The number of thioether (sulfide) groups is 1. The molecule has 0 bridgehead atoms. The monoisotopic (exact) mass is 501 g/mol. The van der Waals surface area contributed by atoms with Gasteiger partial charge in [-0.25, -0.2) is 4.79 Å². The molecular weight excluding hydrogens is 446 g/mol. The minimum Gasteiger partial charge on any atom is -0.480 e. The Morgan fingerprint density at radius 2 is 1.24 bits per heavy atom. The summed E-state index contributed by atoms with van der Waals surface area (Å²) in [7, 11) is 0. The van der Waals surface area contributed by atoms with Crippen molar-refractivity contribution in [1.82, 2.24) is 5.32 Å². The molecule has 0 aromatic heterocycles. The Morgan fingerprint density at radius 1 is 0.765 bits per heavy atom. The van der Waals surface area contributed by atoms with Crippen LogP contribution < -0.4 is 16.8 Å². The van der Waals surface area contributed by atoms with E-state index in [9.17, 15) is 14.7 Å². The summed E-state index contributed by atoms with van der Waals surface area (Å²) in [5.74, 6) is 0.135. The molecule has 1 amide bonds. The number of hydrogen-bond donors (Lipinski definition) is 4. The van der Waals surface area contributed by atoms with E-state index < -0.39 is 18.1 Å². The van der Waals surface area contributed by atoms with Crippen LogP contribution in [0.2, 0.25) is 0 Å². The number of aliphatic carboxylic acids is 1.